The van der Waals surface area contributed by atoms with E-state index in [9.17, 15) is 9.90 Å². The smallest absolute Gasteiger partial charge is 0.337 e. The molecule has 1 unspecified atom stereocenters. The van der Waals surface area contributed by atoms with Crippen molar-refractivity contribution in [2.24, 2.45) is 0 Å². The molecule has 0 rings (SSSR count). The largest absolute Gasteiger partial charge is 0.467 e. The monoisotopic (exact) mass is 234 g/mol. The number of esters is 1. The van der Waals surface area contributed by atoms with Crippen molar-refractivity contribution < 1.29 is 19.1 Å². The number of methoxy groups -OCH3 is 1. The van der Waals surface area contributed by atoms with E-state index in [0.29, 0.717) is 0 Å². The molecule has 5 heteroatoms. The average molecular weight is 234 g/mol. The Balaban J connectivity index is 4.16. The molecule has 15 heavy (non-hydrogen) atoms. The van der Waals surface area contributed by atoms with Crippen molar-refractivity contribution in [1.82, 2.24) is 0 Å². The Morgan fingerprint density at radius 1 is 1.27 bits per heavy atom. The third-order valence-electron chi connectivity index (χ3n) is 2.95. The van der Waals surface area contributed by atoms with Gasteiger partial charge in [-0.1, -0.05) is 20.8 Å². The molecular formula is C10H22O4Si. The minimum absolute atomic E-state index is 0.0639. The van der Waals surface area contributed by atoms with Crippen molar-refractivity contribution in [1.29, 1.82) is 0 Å². The van der Waals surface area contributed by atoms with Gasteiger partial charge in [-0.05, 0) is 18.1 Å². The maximum absolute atomic E-state index is 11.0. The fraction of sp³-hybridized carbons (Fsp3) is 0.900. The highest BCUT2D eigenvalue weighted by Gasteiger charge is 2.30. The molecule has 0 bridgehead atoms. The van der Waals surface area contributed by atoms with Gasteiger partial charge in [0.05, 0.1) is 13.7 Å². The van der Waals surface area contributed by atoms with Crippen LogP contribution in [0.4, 0.5) is 0 Å². The van der Waals surface area contributed by atoms with E-state index in [1.54, 1.807) is 0 Å². The highest BCUT2D eigenvalue weighted by Crippen LogP contribution is 2.21. The van der Waals surface area contributed by atoms with E-state index in [0.717, 1.165) is 18.1 Å². The summed E-state index contributed by atoms with van der Waals surface area (Å²) in [5, 5.41) is 9.39. The molecule has 1 N–H and O–H groups in total. The Labute approximate surface area is 92.7 Å². The summed E-state index contributed by atoms with van der Waals surface area (Å²) in [5.74, 6) is -0.624. The number of carbonyl (C=O) groups excluding carboxylic acids is 1. The van der Waals surface area contributed by atoms with Crippen LogP contribution in [0, 0.1) is 0 Å². The third kappa shape index (κ3) is 4.32. The van der Waals surface area contributed by atoms with Crippen LogP contribution in [0.2, 0.25) is 18.1 Å². The van der Waals surface area contributed by atoms with E-state index in [4.69, 9.17) is 4.43 Å². The van der Waals surface area contributed by atoms with Crippen LogP contribution >= 0.6 is 0 Å². The van der Waals surface area contributed by atoms with Crippen LogP contribution in [0.25, 0.3) is 0 Å². The Kier molecular flexibility index (Phi) is 6.79. The lowest BCUT2D eigenvalue weighted by molar-refractivity contribution is -0.152. The molecule has 0 aromatic carbocycles. The van der Waals surface area contributed by atoms with Gasteiger partial charge in [0.2, 0.25) is 0 Å². The summed E-state index contributed by atoms with van der Waals surface area (Å²) in [6.45, 7) is 6.37. The van der Waals surface area contributed by atoms with Gasteiger partial charge < -0.3 is 14.3 Å². The number of hydrogen-bond donors (Lipinski definition) is 1. The molecule has 0 aliphatic heterocycles. The lowest BCUT2D eigenvalue weighted by Gasteiger charge is -2.28. The van der Waals surface area contributed by atoms with Gasteiger partial charge in [0, 0.05) is 0 Å². The molecule has 4 nitrogen and oxygen atoms in total. The number of hydrogen-bond acceptors (Lipinski definition) is 4. The minimum atomic E-state index is -1.71. The van der Waals surface area contributed by atoms with Crippen molar-refractivity contribution >= 4 is 14.3 Å². The van der Waals surface area contributed by atoms with Crippen molar-refractivity contribution in [2.75, 3.05) is 13.7 Å². The fourth-order valence-corrected chi connectivity index (χ4v) is 4.14. The van der Waals surface area contributed by atoms with Gasteiger partial charge in [-0.2, -0.15) is 0 Å². The topological polar surface area (TPSA) is 55.8 Å². The Morgan fingerprint density at radius 2 is 1.73 bits per heavy atom. The van der Waals surface area contributed by atoms with Crippen LogP contribution in [0.3, 0.4) is 0 Å². The second-order valence-electron chi connectivity index (χ2n) is 3.59. The SMILES string of the molecule is CC[Si](CC)(CC)OCC(O)C(=O)OC. The summed E-state index contributed by atoms with van der Waals surface area (Å²) >= 11 is 0. The molecule has 0 heterocycles. The number of aliphatic hydroxyl groups is 1. The quantitative estimate of drug-likeness (QED) is 0.536. The first kappa shape index (κ1) is 14.6. The molecule has 0 aliphatic carbocycles. The minimum Gasteiger partial charge on any atom is -0.467 e. The summed E-state index contributed by atoms with van der Waals surface area (Å²) < 4.78 is 10.2. The van der Waals surface area contributed by atoms with E-state index in [2.05, 4.69) is 25.5 Å². The predicted octanol–water partition coefficient (Wildman–Crippen LogP) is 1.54. The standard InChI is InChI=1S/C10H22O4Si/c1-5-15(6-2,7-3)14-8-9(11)10(12)13-4/h9,11H,5-8H2,1-4H3. The number of rotatable bonds is 7. The van der Waals surface area contributed by atoms with E-state index in [1.807, 2.05) is 0 Å². The van der Waals surface area contributed by atoms with Crippen LogP contribution in [0.15, 0.2) is 0 Å². The molecule has 0 radical (unpaired) electrons. The zero-order valence-corrected chi connectivity index (χ0v) is 11.1. The highest BCUT2D eigenvalue weighted by molar-refractivity contribution is 6.73. The lowest BCUT2D eigenvalue weighted by atomic mass is 10.4. The first-order chi connectivity index (χ1) is 7.05. The average Bonchev–Trinajstić information content (AvgIpc) is 2.30. The normalized spacial score (nSPS) is 13.7. The summed E-state index contributed by atoms with van der Waals surface area (Å²) in [4.78, 5) is 11.0. The number of carbonyl (C=O) groups is 1. The Bertz CT molecular complexity index is 184. The zero-order chi connectivity index (χ0) is 11.9. The molecule has 0 fully saturated rings. The third-order valence-corrected chi connectivity index (χ3v) is 7.60. The van der Waals surface area contributed by atoms with Gasteiger partial charge in [0.1, 0.15) is 0 Å². The molecule has 0 spiro atoms. The molecule has 0 saturated heterocycles. The molecule has 90 valence electrons. The molecular weight excluding hydrogens is 212 g/mol. The van der Waals surface area contributed by atoms with Crippen LogP contribution < -0.4 is 0 Å². The van der Waals surface area contributed by atoms with Crippen LogP contribution in [-0.2, 0) is 14.0 Å². The molecule has 1 atom stereocenters. The summed E-state index contributed by atoms with van der Waals surface area (Å²) in [7, 11) is -0.447. The Hall–Kier alpha value is -0.393. The molecule has 0 aliphatic rings. The first-order valence-corrected chi connectivity index (χ1v) is 7.98. The van der Waals surface area contributed by atoms with Gasteiger partial charge >= 0.3 is 5.97 Å². The first-order valence-electron chi connectivity index (χ1n) is 5.45. The summed E-state index contributed by atoms with van der Waals surface area (Å²) in [6, 6.07) is 3.02. The molecule has 0 aromatic heterocycles. The summed E-state index contributed by atoms with van der Waals surface area (Å²) in [6.07, 6.45) is -1.15. The van der Waals surface area contributed by atoms with Crippen LogP contribution in [0.1, 0.15) is 20.8 Å². The van der Waals surface area contributed by atoms with Crippen LogP contribution in [0.5, 0.6) is 0 Å². The van der Waals surface area contributed by atoms with E-state index in [1.165, 1.54) is 7.11 Å². The second kappa shape index (κ2) is 6.98. The Morgan fingerprint density at radius 3 is 2.07 bits per heavy atom. The van der Waals surface area contributed by atoms with Crippen molar-refractivity contribution in [3.63, 3.8) is 0 Å². The molecule has 0 aromatic rings. The van der Waals surface area contributed by atoms with E-state index in [-0.39, 0.29) is 6.61 Å². The van der Waals surface area contributed by atoms with Gasteiger partial charge in [0.15, 0.2) is 14.4 Å². The predicted molar refractivity (Wildman–Crippen MR) is 61.2 cm³/mol. The maximum Gasteiger partial charge on any atom is 0.337 e. The molecule has 0 saturated carbocycles. The van der Waals surface area contributed by atoms with E-state index >= 15 is 0 Å². The van der Waals surface area contributed by atoms with Gasteiger partial charge in [0.25, 0.3) is 0 Å². The fourth-order valence-electron chi connectivity index (χ4n) is 1.52. The lowest BCUT2D eigenvalue weighted by Crippen LogP contribution is -2.40. The molecule has 0 amide bonds. The van der Waals surface area contributed by atoms with Gasteiger partial charge in [-0.15, -0.1) is 0 Å². The van der Waals surface area contributed by atoms with Gasteiger partial charge in [-0.3, -0.25) is 0 Å². The second-order valence-corrected chi connectivity index (χ2v) is 8.37. The van der Waals surface area contributed by atoms with Gasteiger partial charge in [-0.25, -0.2) is 4.79 Å². The highest BCUT2D eigenvalue weighted by atomic mass is 28.4. The number of ether oxygens (including phenoxy) is 1. The van der Waals surface area contributed by atoms with Crippen LogP contribution in [-0.4, -0.2) is 39.2 Å². The van der Waals surface area contributed by atoms with Crippen molar-refractivity contribution in [3.8, 4) is 0 Å². The van der Waals surface area contributed by atoms with Crippen molar-refractivity contribution in [3.05, 3.63) is 0 Å². The maximum atomic E-state index is 11.0. The number of aliphatic hydroxyl groups excluding tert-OH is 1. The zero-order valence-electron chi connectivity index (χ0n) is 10.1. The van der Waals surface area contributed by atoms with Crippen molar-refractivity contribution in [2.45, 2.75) is 45.0 Å². The van der Waals surface area contributed by atoms with E-state index < -0.39 is 20.4 Å². The summed E-state index contributed by atoms with van der Waals surface area (Å²) in [5.41, 5.74) is 0.